The minimum absolute atomic E-state index is 0.491. The molecule has 0 atom stereocenters. The van der Waals surface area contributed by atoms with Crippen LogP contribution in [0.1, 0.15) is 11.1 Å². The second-order valence-electron chi connectivity index (χ2n) is 2.89. The van der Waals surface area contributed by atoms with Crippen LogP contribution < -0.4 is 11.1 Å². The maximum atomic E-state index is 7.30. The van der Waals surface area contributed by atoms with E-state index in [-0.39, 0.29) is 0 Å². The van der Waals surface area contributed by atoms with Gasteiger partial charge in [0.1, 0.15) is 0 Å². The minimum Gasteiger partial charge on any atom is -0.393 e. The summed E-state index contributed by atoms with van der Waals surface area (Å²) in [6.07, 6.45) is 3.12. The number of nitrogens with two attached hydrogens (primary N) is 1. The van der Waals surface area contributed by atoms with Gasteiger partial charge in [-0.2, -0.15) is 0 Å². The molecule has 0 saturated heterocycles. The SMILES string of the molecule is CN/C=C(\C=N)c1ccccc1CN. The van der Waals surface area contributed by atoms with Gasteiger partial charge in [-0.1, -0.05) is 24.3 Å². The standard InChI is InChI=1S/C11H15N3/c1-14-8-10(7-13)11-5-3-2-4-9(11)6-12/h2-5,7-8,13-14H,6,12H2,1H3/b10-8+,13-7?. The van der Waals surface area contributed by atoms with Crippen LogP contribution in [-0.2, 0) is 6.54 Å². The van der Waals surface area contributed by atoms with E-state index in [2.05, 4.69) is 5.32 Å². The molecule has 0 aliphatic carbocycles. The first-order valence-corrected chi connectivity index (χ1v) is 4.49. The summed E-state index contributed by atoms with van der Waals surface area (Å²) in [5.74, 6) is 0. The first kappa shape index (κ1) is 10.5. The minimum atomic E-state index is 0.491. The molecule has 0 aromatic heterocycles. The lowest BCUT2D eigenvalue weighted by atomic mass is 10.0. The van der Waals surface area contributed by atoms with Gasteiger partial charge in [0.15, 0.2) is 0 Å². The number of nitrogens with one attached hydrogen (secondary N) is 2. The van der Waals surface area contributed by atoms with Crippen molar-refractivity contribution in [1.82, 2.24) is 5.32 Å². The Morgan fingerprint density at radius 1 is 1.50 bits per heavy atom. The molecule has 0 aliphatic rings. The van der Waals surface area contributed by atoms with E-state index in [1.807, 2.05) is 31.3 Å². The molecule has 3 nitrogen and oxygen atoms in total. The van der Waals surface area contributed by atoms with Gasteiger partial charge in [0.25, 0.3) is 0 Å². The fourth-order valence-corrected chi connectivity index (χ4v) is 1.33. The van der Waals surface area contributed by atoms with Gasteiger partial charge in [-0.15, -0.1) is 0 Å². The third-order valence-corrected chi connectivity index (χ3v) is 2.00. The van der Waals surface area contributed by atoms with Gasteiger partial charge in [0.2, 0.25) is 0 Å². The number of hydrogen-bond donors (Lipinski definition) is 3. The molecule has 0 saturated carbocycles. The molecule has 74 valence electrons. The summed E-state index contributed by atoms with van der Waals surface area (Å²) >= 11 is 0. The second kappa shape index (κ2) is 5.19. The highest BCUT2D eigenvalue weighted by Crippen LogP contribution is 2.16. The molecule has 0 aliphatic heterocycles. The third-order valence-electron chi connectivity index (χ3n) is 2.00. The van der Waals surface area contributed by atoms with Crippen LogP contribution >= 0.6 is 0 Å². The van der Waals surface area contributed by atoms with Crippen molar-refractivity contribution in [2.24, 2.45) is 5.73 Å². The number of benzene rings is 1. The van der Waals surface area contributed by atoms with Crippen molar-refractivity contribution in [3.63, 3.8) is 0 Å². The summed E-state index contributed by atoms with van der Waals surface area (Å²) in [5, 5.41) is 10.2. The summed E-state index contributed by atoms with van der Waals surface area (Å²) in [6, 6.07) is 7.84. The largest absolute Gasteiger partial charge is 0.393 e. The smallest absolute Gasteiger partial charge is 0.0270 e. The Balaban J connectivity index is 3.15. The van der Waals surface area contributed by atoms with Crippen molar-refractivity contribution in [2.45, 2.75) is 6.54 Å². The summed E-state index contributed by atoms with van der Waals surface area (Å²) < 4.78 is 0. The highest BCUT2D eigenvalue weighted by molar-refractivity contribution is 6.08. The van der Waals surface area contributed by atoms with Crippen LogP contribution in [0, 0.1) is 5.41 Å². The molecule has 4 N–H and O–H groups in total. The van der Waals surface area contributed by atoms with Crippen molar-refractivity contribution >= 4 is 11.8 Å². The maximum absolute atomic E-state index is 7.30. The molecule has 0 fully saturated rings. The van der Waals surface area contributed by atoms with E-state index in [1.165, 1.54) is 6.21 Å². The lowest BCUT2D eigenvalue weighted by molar-refractivity contribution is 1.06. The highest BCUT2D eigenvalue weighted by Gasteiger charge is 2.02. The Morgan fingerprint density at radius 3 is 2.79 bits per heavy atom. The van der Waals surface area contributed by atoms with Crippen molar-refractivity contribution < 1.29 is 0 Å². The zero-order chi connectivity index (χ0) is 10.4. The van der Waals surface area contributed by atoms with Crippen LogP contribution in [0.2, 0.25) is 0 Å². The van der Waals surface area contributed by atoms with Crippen LogP contribution in [0.5, 0.6) is 0 Å². The van der Waals surface area contributed by atoms with Crippen molar-refractivity contribution in [2.75, 3.05) is 7.05 Å². The lowest BCUT2D eigenvalue weighted by Gasteiger charge is -2.07. The van der Waals surface area contributed by atoms with Gasteiger partial charge >= 0.3 is 0 Å². The zero-order valence-corrected chi connectivity index (χ0v) is 8.25. The molecule has 0 amide bonds. The molecule has 0 radical (unpaired) electrons. The molecule has 0 bridgehead atoms. The Hall–Kier alpha value is -1.61. The van der Waals surface area contributed by atoms with E-state index < -0.39 is 0 Å². The van der Waals surface area contributed by atoms with Crippen molar-refractivity contribution in [3.05, 3.63) is 41.6 Å². The normalized spacial score (nSPS) is 11.1. The van der Waals surface area contributed by atoms with Gasteiger partial charge in [-0.05, 0) is 11.1 Å². The second-order valence-corrected chi connectivity index (χ2v) is 2.89. The molecular formula is C11H15N3. The molecule has 3 heteroatoms. The van der Waals surface area contributed by atoms with Gasteiger partial charge in [-0.3, -0.25) is 0 Å². The molecule has 1 rings (SSSR count). The van der Waals surface area contributed by atoms with Gasteiger partial charge in [0, 0.05) is 31.6 Å². The van der Waals surface area contributed by atoms with Crippen LogP contribution in [-0.4, -0.2) is 13.3 Å². The molecule has 1 aromatic rings. The van der Waals surface area contributed by atoms with Crippen LogP contribution in [0.3, 0.4) is 0 Å². The Labute approximate surface area is 84.1 Å². The van der Waals surface area contributed by atoms with Crippen LogP contribution in [0.15, 0.2) is 30.5 Å². The summed E-state index contributed by atoms with van der Waals surface area (Å²) in [4.78, 5) is 0. The van der Waals surface area contributed by atoms with E-state index in [0.717, 1.165) is 16.7 Å². The van der Waals surface area contributed by atoms with Gasteiger partial charge in [-0.25, -0.2) is 0 Å². The van der Waals surface area contributed by atoms with Gasteiger partial charge < -0.3 is 16.5 Å². The Morgan fingerprint density at radius 2 is 2.21 bits per heavy atom. The van der Waals surface area contributed by atoms with E-state index in [0.29, 0.717) is 6.54 Å². The van der Waals surface area contributed by atoms with Crippen molar-refractivity contribution in [3.8, 4) is 0 Å². The number of allylic oxidation sites excluding steroid dienone is 1. The summed E-state index contributed by atoms with van der Waals surface area (Å²) in [5.41, 5.74) is 8.52. The molecule has 14 heavy (non-hydrogen) atoms. The monoisotopic (exact) mass is 189 g/mol. The molecule has 0 spiro atoms. The molecule has 0 heterocycles. The van der Waals surface area contributed by atoms with E-state index in [1.54, 1.807) is 6.20 Å². The summed E-state index contributed by atoms with van der Waals surface area (Å²) in [7, 11) is 1.81. The predicted octanol–water partition coefficient (Wildman–Crippen LogP) is 1.36. The van der Waals surface area contributed by atoms with E-state index in [4.69, 9.17) is 11.1 Å². The zero-order valence-electron chi connectivity index (χ0n) is 8.25. The predicted molar refractivity (Wildman–Crippen MR) is 60.2 cm³/mol. The molecule has 1 aromatic carbocycles. The first-order chi connectivity index (χ1) is 6.83. The van der Waals surface area contributed by atoms with E-state index in [9.17, 15) is 0 Å². The van der Waals surface area contributed by atoms with Crippen molar-refractivity contribution in [1.29, 1.82) is 5.41 Å². The maximum Gasteiger partial charge on any atom is 0.0270 e. The Bertz CT molecular complexity index is 342. The lowest BCUT2D eigenvalue weighted by Crippen LogP contribution is -2.03. The summed E-state index contributed by atoms with van der Waals surface area (Å²) in [6.45, 7) is 0.491. The van der Waals surface area contributed by atoms with E-state index >= 15 is 0 Å². The molecule has 0 unspecified atom stereocenters. The number of hydrogen-bond acceptors (Lipinski definition) is 3. The van der Waals surface area contributed by atoms with Crippen LogP contribution in [0.25, 0.3) is 5.57 Å². The Kier molecular flexibility index (Phi) is 3.88. The third kappa shape index (κ3) is 2.20. The number of rotatable bonds is 4. The average molecular weight is 189 g/mol. The van der Waals surface area contributed by atoms with Gasteiger partial charge in [0.05, 0.1) is 0 Å². The first-order valence-electron chi connectivity index (χ1n) is 4.49. The average Bonchev–Trinajstić information content (AvgIpc) is 2.26. The topological polar surface area (TPSA) is 61.9 Å². The fourth-order valence-electron chi connectivity index (χ4n) is 1.33. The highest BCUT2D eigenvalue weighted by atomic mass is 14.8. The molecular weight excluding hydrogens is 174 g/mol. The fraction of sp³-hybridized carbons (Fsp3) is 0.182. The quantitative estimate of drug-likeness (QED) is 0.626. The van der Waals surface area contributed by atoms with Crippen LogP contribution in [0.4, 0.5) is 0 Å².